The molecule has 160 valence electrons. The van der Waals surface area contributed by atoms with Crippen LogP contribution in [0.15, 0.2) is 78.9 Å². The number of rotatable bonds is 1. The zero-order valence-electron chi connectivity index (χ0n) is 18.0. The molecule has 0 bridgehead atoms. The van der Waals surface area contributed by atoms with E-state index in [-0.39, 0.29) is 11.6 Å². The van der Waals surface area contributed by atoms with E-state index in [1.54, 1.807) is 0 Å². The monoisotopic (exact) mass is 422 g/mol. The molecular weight excluding hydrogens is 396 g/mol. The van der Waals surface area contributed by atoms with Gasteiger partial charge in [0.15, 0.2) is 0 Å². The van der Waals surface area contributed by atoms with Crippen molar-refractivity contribution in [1.82, 2.24) is 0 Å². The summed E-state index contributed by atoms with van der Waals surface area (Å²) in [6.07, 6.45) is 5.38. The fraction of sp³-hybridized carbons (Fsp3) is 0.321. The third-order valence-electron chi connectivity index (χ3n) is 8.23. The first kappa shape index (κ1) is 18.3. The summed E-state index contributed by atoms with van der Waals surface area (Å²) < 4.78 is 6.47. The molecule has 3 aliphatic heterocycles. The van der Waals surface area contributed by atoms with Crippen LogP contribution in [0.5, 0.6) is 0 Å². The van der Waals surface area contributed by atoms with Gasteiger partial charge < -0.3 is 15.0 Å². The number of para-hydroxylation sites is 2. The first-order valence-electron chi connectivity index (χ1n) is 11.8. The van der Waals surface area contributed by atoms with Crippen molar-refractivity contribution in [3.8, 4) is 0 Å². The molecule has 1 aliphatic carbocycles. The average molecular weight is 423 g/mol. The van der Waals surface area contributed by atoms with Crippen LogP contribution in [0, 0.1) is 5.92 Å². The SMILES string of the molecule is O=C1OC2(CC(c3ccccc3)C3CCCCC34Nc3ccccc3N24)c2ccccc21. The maximum Gasteiger partial charge on any atom is 0.341 e. The molecule has 3 heterocycles. The van der Waals surface area contributed by atoms with Gasteiger partial charge in [-0.2, -0.15) is 0 Å². The number of esters is 1. The first-order chi connectivity index (χ1) is 15.7. The van der Waals surface area contributed by atoms with E-state index >= 15 is 0 Å². The van der Waals surface area contributed by atoms with E-state index in [4.69, 9.17) is 4.74 Å². The van der Waals surface area contributed by atoms with Gasteiger partial charge >= 0.3 is 5.97 Å². The van der Waals surface area contributed by atoms with Crippen molar-refractivity contribution in [2.45, 2.75) is 49.4 Å². The fourth-order valence-electron chi connectivity index (χ4n) is 7.11. The number of nitrogens with zero attached hydrogens (tertiary/aromatic N) is 1. The second-order valence-corrected chi connectivity index (χ2v) is 9.69. The Morgan fingerprint density at radius 2 is 1.69 bits per heavy atom. The van der Waals surface area contributed by atoms with Crippen molar-refractivity contribution in [2.75, 3.05) is 10.2 Å². The fourth-order valence-corrected chi connectivity index (χ4v) is 7.11. The van der Waals surface area contributed by atoms with Gasteiger partial charge in [-0.25, -0.2) is 4.79 Å². The van der Waals surface area contributed by atoms with E-state index in [1.807, 2.05) is 18.2 Å². The second-order valence-electron chi connectivity index (χ2n) is 9.69. The van der Waals surface area contributed by atoms with E-state index in [2.05, 4.69) is 70.9 Å². The largest absolute Gasteiger partial charge is 0.431 e. The maximum absolute atomic E-state index is 13.2. The zero-order chi connectivity index (χ0) is 21.3. The molecular formula is C28H26N2O2. The Morgan fingerprint density at radius 1 is 0.906 bits per heavy atom. The van der Waals surface area contributed by atoms with Gasteiger partial charge in [-0.3, -0.25) is 0 Å². The molecule has 3 aromatic rings. The summed E-state index contributed by atoms with van der Waals surface area (Å²) in [6.45, 7) is 0. The summed E-state index contributed by atoms with van der Waals surface area (Å²) in [6, 6.07) is 27.4. The quantitative estimate of drug-likeness (QED) is 0.487. The predicted octanol–water partition coefficient (Wildman–Crippen LogP) is 6.02. The van der Waals surface area contributed by atoms with Gasteiger partial charge in [-0.15, -0.1) is 0 Å². The van der Waals surface area contributed by atoms with E-state index in [0.29, 0.717) is 17.4 Å². The molecule has 4 aliphatic rings. The molecule has 0 radical (unpaired) electrons. The molecule has 4 atom stereocenters. The zero-order valence-corrected chi connectivity index (χ0v) is 18.0. The molecule has 1 N–H and O–H groups in total. The normalized spacial score (nSPS) is 31.9. The number of carbonyl (C=O) groups excluding carboxylic acids is 1. The number of piperidine rings is 1. The van der Waals surface area contributed by atoms with Crippen LogP contribution >= 0.6 is 0 Å². The molecule has 2 fully saturated rings. The summed E-state index contributed by atoms with van der Waals surface area (Å²) in [4.78, 5) is 15.6. The Kier molecular flexibility index (Phi) is 3.65. The summed E-state index contributed by atoms with van der Waals surface area (Å²) in [5.41, 5.74) is 4.28. The molecule has 2 spiro atoms. The van der Waals surface area contributed by atoms with Crippen LogP contribution in [0.3, 0.4) is 0 Å². The molecule has 1 saturated carbocycles. The highest BCUT2D eigenvalue weighted by Gasteiger charge is 2.67. The minimum Gasteiger partial charge on any atom is -0.431 e. The van der Waals surface area contributed by atoms with Crippen LogP contribution in [-0.4, -0.2) is 11.6 Å². The number of carbonyl (C=O) groups is 1. The lowest BCUT2D eigenvalue weighted by Gasteiger charge is -2.61. The molecule has 0 aromatic heterocycles. The van der Waals surface area contributed by atoms with Gasteiger partial charge in [0, 0.05) is 17.9 Å². The average Bonchev–Trinajstić information content (AvgIpc) is 3.32. The Morgan fingerprint density at radius 3 is 2.59 bits per heavy atom. The highest BCUT2D eigenvalue weighted by molar-refractivity contribution is 5.96. The Labute approximate surface area is 188 Å². The van der Waals surface area contributed by atoms with Crippen molar-refractivity contribution < 1.29 is 9.53 Å². The van der Waals surface area contributed by atoms with Crippen LogP contribution in [-0.2, 0) is 10.5 Å². The van der Waals surface area contributed by atoms with Gasteiger partial charge in [0.2, 0.25) is 5.72 Å². The summed E-state index contributed by atoms with van der Waals surface area (Å²) >= 11 is 0. The van der Waals surface area contributed by atoms with Crippen LogP contribution in [0.1, 0.15) is 59.5 Å². The Hall–Kier alpha value is -3.27. The lowest BCUT2D eigenvalue weighted by Crippen LogP contribution is -2.69. The van der Waals surface area contributed by atoms with Crippen molar-refractivity contribution in [1.29, 1.82) is 0 Å². The highest BCUT2D eigenvalue weighted by Crippen LogP contribution is 2.65. The third-order valence-corrected chi connectivity index (χ3v) is 8.23. The number of nitrogens with one attached hydrogen (secondary N) is 1. The number of fused-ring (bicyclic) bond motifs is 5. The summed E-state index contributed by atoms with van der Waals surface area (Å²) in [7, 11) is 0. The van der Waals surface area contributed by atoms with Crippen molar-refractivity contribution in [3.63, 3.8) is 0 Å². The van der Waals surface area contributed by atoms with E-state index in [0.717, 1.165) is 29.8 Å². The third kappa shape index (κ3) is 2.20. The number of anilines is 2. The summed E-state index contributed by atoms with van der Waals surface area (Å²) in [5, 5.41) is 3.98. The van der Waals surface area contributed by atoms with Gasteiger partial charge in [0.05, 0.1) is 16.9 Å². The van der Waals surface area contributed by atoms with Gasteiger partial charge in [0.1, 0.15) is 5.66 Å². The van der Waals surface area contributed by atoms with Crippen LogP contribution in [0.4, 0.5) is 11.4 Å². The predicted molar refractivity (Wildman–Crippen MR) is 125 cm³/mol. The number of hydrogen-bond acceptors (Lipinski definition) is 4. The number of ether oxygens (including phenoxy) is 1. The standard InChI is InChI=1S/C28H26N2O2/c31-26-20-12-4-5-14-23(20)28(32-26)18-21(19-10-2-1-3-11-19)22-13-8-9-17-27(22)29-24-15-6-7-16-25(24)30(27)28/h1-7,10-12,14-16,21-22,29H,8-9,13,17-18H2. The topological polar surface area (TPSA) is 41.6 Å². The minimum atomic E-state index is -0.804. The minimum absolute atomic E-state index is 0.207. The Balaban J connectivity index is 1.52. The molecule has 4 unspecified atom stereocenters. The molecule has 3 aromatic carbocycles. The highest BCUT2D eigenvalue weighted by atomic mass is 16.6. The smallest absolute Gasteiger partial charge is 0.341 e. The van der Waals surface area contributed by atoms with E-state index in [9.17, 15) is 4.79 Å². The van der Waals surface area contributed by atoms with Crippen LogP contribution in [0.2, 0.25) is 0 Å². The molecule has 1 saturated heterocycles. The first-order valence-corrected chi connectivity index (χ1v) is 11.8. The van der Waals surface area contributed by atoms with Gasteiger partial charge in [-0.1, -0.05) is 67.1 Å². The maximum atomic E-state index is 13.2. The van der Waals surface area contributed by atoms with Crippen molar-refractivity contribution >= 4 is 17.3 Å². The molecule has 0 amide bonds. The van der Waals surface area contributed by atoms with Crippen LogP contribution in [0.25, 0.3) is 0 Å². The van der Waals surface area contributed by atoms with E-state index in [1.165, 1.54) is 24.8 Å². The summed E-state index contributed by atoms with van der Waals surface area (Å²) in [5.74, 6) is 0.526. The van der Waals surface area contributed by atoms with Crippen molar-refractivity contribution in [2.24, 2.45) is 5.92 Å². The second kappa shape index (κ2) is 6.38. The molecule has 7 rings (SSSR count). The molecule has 4 heteroatoms. The Bertz CT molecular complexity index is 1220. The number of benzene rings is 3. The van der Waals surface area contributed by atoms with Gasteiger partial charge in [-0.05, 0) is 48.9 Å². The van der Waals surface area contributed by atoms with Crippen LogP contribution < -0.4 is 10.2 Å². The van der Waals surface area contributed by atoms with Crippen molar-refractivity contribution in [3.05, 3.63) is 95.6 Å². The number of hydrogen-bond donors (Lipinski definition) is 1. The lowest BCUT2D eigenvalue weighted by molar-refractivity contribution is -0.0663. The molecule has 32 heavy (non-hydrogen) atoms. The lowest BCUT2D eigenvalue weighted by atomic mass is 9.62. The van der Waals surface area contributed by atoms with Gasteiger partial charge in [0.25, 0.3) is 0 Å². The molecule has 4 nitrogen and oxygen atoms in total. The van der Waals surface area contributed by atoms with E-state index < -0.39 is 5.72 Å².